The van der Waals surface area contributed by atoms with E-state index >= 15 is 0 Å². The first-order valence-electron chi connectivity index (χ1n) is 8.35. The molecule has 3 nitrogen and oxygen atoms in total. The Kier molecular flexibility index (Phi) is 5.98. The summed E-state index contributed by atoms with van der Waals surface area (Å²) in [6.07, 6.45) is -0.522. The van der Waals surface area contributed by atoms with Gasteiger partial charge in [-0.3, -0.25) is 4.79 Å². The Morgan fingerprint density at radius 1 is 1.04 bits per heavy atom. The summed E-state index contributed by atoms with van der Waals surface area (Å²) in [5, 5.41) is 2.48. The van der Waals surface area contributed by atoms with Crippen molar-refractivity contribution in [3.63, 3.8) is 0 Å². The van der Waals surface area contributed by atoms with Gasteiger partial charge in [-0.1, -0.05) is 45.1 Å². The van der Waals surface area contributed by atoms with E-state index in [0.717, 1.165) is 17.7 Å². The minimum absolute atomic E-state index is 0.0165. The molecule has 2 aromatic rings. The van der Waals surface area contributed by atoms with E-state index in [1.165, 1.54) is 13.2 Å². The second-order valence-corrected chi connectivity index (χ2v) is 7.22. The Morgan fingerprint density at radius 3 is 2.19 bits per heavy atom. The van der Waals surface area contributed by atoms with Crippen LogP contribution < -0.4 is 10.1 Å². The normalized spacial score (nSPS) is 12.3. The standard InChI is InChI=1S/C21H22F3NO2/c1-20(2,3)10-9-14-5-7-15(8-6-14)19(26)25-17-11-16(21(22,23)24)12-18(13-17)27-4/h5-13H,1-4H3,(H,25,26). The summed E-state index contributed by atoms with van der Waals surface area (Å²) in [5.74, 6) is -0.481. The molecule has 1 amide bonds. The lowest BCUT2D eigenvalue weighted by Crippen LogP contribution is -2.13. The number of hydrogen-bond acceptors (Lipinski definition) is 2. The predicted octanol–water partition coefficient (Wildman–Crippen LogP) is 6.03. The summed E-state index contributed by atoms with van der Waals surface area (Å²) in [4.78, 5) is 12.4. The van der Waals surface area contributed by atoms with Crippen molar-refractivity contribution in [1.82, 2.24) is 0 Å². The van der Waals surface area contributed by atoms with Crippen molar-refractivity contribution in [1.29, 1.82) is 0 Å². The highest BCUT2D eigenvalue weighted by atomic mass is 19.4. The quantitative estimate of drug-likeness (QED) is 0.707. The lowest BCUT2D eigenvalue weighted by Gasteiger charge is -2.13. The molecular formula is C21H22F3NO2. The molecule has 0 saturated carbocycles. The molecule has 0 unspecified atom stereocenters. The molecule has 1 N–H and O–H groups in total. The summed E-state index contributed by atoms with van der Waals surface area (Å²) < 4.78 is 43.8. The average Bonchev–Trinajstić information content (AvgIpc) is 2.58. The third-order valence-corrected chi connectivity index (χ3v) is 3.68. The van der Waals surface area contributed by atoms with Gasteiger partial charge < -0.3 is 10.1 Å². The lowest BCUT2D eigenvalue weighted by atomic mass is 9.95. The van der Waals surface area contributed by atoms with Gasteiger partial charge >= 0.3 is 6.18 Å². The molecule has 2 aromatic carbocycles. The smallest absolute Gasteiger partial charge is 0.416 e. The second-order valence-electron chi connectivity index (χ2n) is 7.22. The van der Waals surface area contributed by atoms with Crippen molar-refractivity contribution in [3.8, 4) is 5.75 Å². The van der Waals surface area contributed by atoms with Crippen LogP contribution in [0.2, 0.25) is 0 Å². The van der Waals surface area contributed by atoms with Crippen molar-refractivity contribution in [2.45, 2.75) is 26.9 Å². The highest BCUT2D eigenvalue weighted by molar-refractivity contribution is 6.04. The summed E-state index contributed by atoms with van der Waals surface area (Å²) >= 11 is 0. The van der Waals surface area contributed by atoms with Crippen LogP contribution in [-0.4, -0.2) is 13.0 Å². The van der Waals surface area contributed by atoms with Gasteiger partial charge in [0.2, 0.25) is 0 Å². The number of carbonyl (C=O) groups is 1. The predicted molar refractivity (Wildman–Crippen MR) is 101 cm³/mol. The molecule has 27 heavy (non-hydrogen) atoms. The second kappa shape index (κ2) is 7.86. The molecule has 2 rings (SSSR count). The number of carbonyl (C=O) groups excluding carboxylic acids is 1. The van der Waals surface area contributed by atoms with Crippen LogP contribution in [0.25, 0.3) is 6.08 Å². The van der Waals surface area contributed by atoms with Crippen molar-refractivity contribution < 1.29 is 22.7 Å². The number of nitrogens with one attached hydrogen (secondary N) is 1. The molecule has 0 fully saturated rings. The molecule has 6 heteroatoms. The highest BCUT2D eigenvalue weighted by Crippen LogP contribution is 2.34. The van der Waals surface area contributed by atoms with Crippen LogP contribution in [0.5, 0.6) is 5.75 Å². The average molecular weight is 377 g/mol. The first-order valence-corrected chi connectivity index (χ1v) is 8.35. The highest BCUT2D eigenvalue weighted by Gasteiger charge is 2.31. The van der Waals surface area contributed by atoms with E-state index in [2.05, 4.69) is 32.2 Å². The van der Waals surface area contributed by atoms with Gasteiger partial charge in [-0.05, 0) is 35.2 Å². The Labute approximate surface area is 156 Å². The maximum absolute atomic E-state index is 13.0. The van der Waals surface area contributed by atoms with Crippen molar-refractivity contribution >= 4 is 17.7 Å². The van der Waals surface area contributed by atoms with Gasteiger partial charge in [0.15, 0.2) is 0 Å². The molecule has 0 aliphatic rings. The van der Waals surface area contributed by atoms with Crippen LogP contribution in [0, 0.1) is 5.41 Å². The van der Waals surface area contributed by atoms with Crippen LogP contribution >= 0.6 is 0 Å². The monoisotopic (exact) mass is 377 g/mol. The Morgan fingerprint density at radius 2 is 1.67 bits per heavy atom. The summed E-state index contributed by atoms with van der Waals surface area (Å²) in [7, 11) is 1.27. The molecule has 0 aliphatic heterocycles. The molecule has 0 aromatic heterocycles. The summed E-state index contributed by atoms with van der Waals surface area (Å²) in [6, 6.07) is 9.92. The molecule has 0 spiro atoms. The third kappa shape index (κ3) is 6.16. The van der Waals surface area contributed by atoms with Gasteiger partial charge in [0.25, 0.3) is 5.91 Å². The van der Waals surface area contributed by atoms with Crippen LogP contribution in [-0.2, 0) is 6.18 Å². The number of allylic oxidation sites excluding steroid dienone is 1. The van der Waals surface area contributed by atoms with Gasteiger partial charge in [-0.2, -0.15) is 13.2 Å². The summed E-state index contributed by atoms with van der Waals surface area (Å²) in [6.45, 7) is 6.23. The number of rotatable bonds is 4. The van der Waals surface area contributed by atoms with Crippen molar-refractivity contribution in [3.05, 3.63) is 65.2 Å². The van der Waals surface area contributed by atoms with E-state index in [1.54, 1.807) is 24.3 Å². The van der Waals surface area contributed by atoms with Crippen LogP contribution in [0.1, 0.15) is 42.3 Å². The number of anilines is 1. The van der Waals surface area contributed by atoms with Crippen molar-refractivity contribution in [2.75, 3.05) is 12.4 Å². The molecular weight excluding hydrogens is 355 g/mol. The van der Waals surface area contributed by atoms with E-state index < -0.39 is 17.6 Å². The Bertz CT molecular complexity index is 832. The van der Waals surface area contributed by atoms with E-state index in [1.807, 2.05) is 6.08 Å². The van der Waals surface area contributed by atoms with Crippen molar-refractivity contribution in [2.24, 2.45) is 5.41 Å². The maximum Gasteiger partial charge on any atom is 0.416 e. The fraction of sp³-hybridized carbons (Fsp3) is 0.286. The minimum Gasteiger partial charge on any atom is -0.497 e. The number of halogens is 3. The Balaban J connectivity index is 2.19. The van der Waals surface area contributed by atoms with Crippen LogP contribution in [0.3, 0.4) is 0 Å². The van der Waals surface area contributed by atoms with Gasteiger partial charge in [0.1, 0.15) is 5.75 Å². The largest absolute Gasteiger partial charge is 0.497 e. The first kappa shape index (κ1) is 20.6. The first-order chi connectivity index (χ1) is 12.5. The van der Waals surface area contributed by atoms with Gasteiger partial charge in [0.05, 0.1) is 12.7 Å². The maximum atomic E-state index is 13.0. The fourth-order valence-corrected chi connectivity index (χ4v) is 2.25. The number of alkyl halides is 3. The molecule has 0 bridgehead atoms. The number of amides is 1. The number of benzene rings is 2. The zero-order valence-electron chi connectivity index (χ0n) is 15.6. The molecule has 0 heterocycles. The molecule has 0 saturated heterocycles. The number of methoxy groups -OCH3 is 1. The number of hydrogen-bond donors (Lipinski definition) is 1. The summed E-state index contributed by atoms with van der Waals surface area (Å²) in [5.41, 5.74) is 0.447. The van der Waals surface area contributed by atoms with Gasteiger partial charge in [-0.15, -0.1) is 0 Å². The van der Waals surface area contributed by atoms with E-state index in [4.69, 9.17) is 4.74 Å². The lowest BCUT2D eigenvalue weighted by molar-refractivity contribution is -0.137. The molecule has 0 aliphatic carbocycles. The van der Waals surface area contributed by atoms with Gasteiger partial charge in [0, 0.05) is 17.3 Å². The van der Waals surface area contributed by atoms with E-state index in [0.29, 0.717) is 5.56 Å². The topological polar surface area (TPSA) is 38.3 Å². The van der Waals surface area contributed by atoms with E-state index in [-0.39, 0.29) is 16.9 Å². The molecule has 0 atom stereocenters. The zero-order chi connectivity index (χ0) is 20.2. The molecule has 144 valence electrons. The van der Waals surface area contributed by atoms with Crippen LogP contribution in [0.4, 0.5) is 18.9 Å². The number of ether oxygens (including phenoxy) is 1. The minimum atomic E-state index is -4.53. The fourth-order valence-electron chi connectivity index (χ4n) is 2.25. The zero-order valence-corrected chi connectivity index (χ0v) is 15.6. The van der Waals surface area contributed by atoms with Gasteiger partial charge in [-0.25, -0.2) is 0 Å². The van der Waals surface area contributed by atoms with Crippen LogP contribution in [0.15, 0.2) is 48.5 Å². The SMILES string of the molecule is COc1cc(NC(=O)c2ccc(C=CC(C)(C)C)cc2)cc(C(F)(F)F)c1. The third-order valence-electron chi connectivity index (χ3n) is 3.68. The Hall–Kier alpha value is -2.76. The van der Waals surface area contributed by atoms with E-state index in [9.17, 15) is 18.0 Å². The molecule has 0 radical (unpaired) electrons.